The molecule has 0 aliphatic carbocycles. The van der Waals surface area contributed by atoms with Crippen molar-refractivity contribution < 1.29 is 14.3 Å². The molecule has 2 fully saturated rings. The van der Waals surface area contributed by atoms with Crippen LogP contribution in [0.4, 0.5) is 4.79 Å². The summed E-state index contributed by atoms with van der Waals surface area (Å²) in [6.45, 7) is 4.59. The first-order valence-electron chi connectivity index (χ1n) is 8.15. The molecule has 2 atom stereocenters. The number of pyridine rings is 1. The van der Waals surface area contributed by atoms with Gasteiger partial charge in [0.1, 0.15) is 11.9 Å². The monoisotopic (exact) mass is 304 g/mol. The van der Waals surface area contributed by atoms with E-state index in [1.165, 1.54) is 0 Å². The fraction of sp³-hybridized carbons (Fsp3) is 0.647. The van der Waals surface area contributed by atoms with E-state index in [9.17, 15) is 4.79 Å². The van der Waals surface area contributed by atoms with Crippen molar-refractivity contribution in [2.75, 3.05) is 6.61 Å². The molecule has 2 aliphatic rings. The van der Waals surface area contributed by atoms with Crippen molar-refractivity contribution in [3.63, 3.8) is 0 Å². The van der Waals surface area contributed by atoms with Crippen LogP contribution in [0.3, 0.4) is 0 Å². The molecule has 5 nitrogen and oxygen atoms in total. The van der Waals surface area contributed by atoms with E-state index < -0.39 is 0 Å². The summed E-state index contributed by atoms with van der Waals surface area (Å²) in [5, 5.41) is 0. The van der Waals surface area contributed by atoms with Crippen molar-refractivity contribution in [2.45, 2.75) is 57.7 Å². The number of hydrogen-bond acceptors (Lipinski definition) is 4. The lowest BCUT2D eigenvalue weighted by Gasteiger charge is -2.38. The summed E-state index contributed by atoms with van der Waals surface area (Å²) in [5.74, 6) is 1.18. The molecule has 0 saturated carbocycles. The van der Waals surface area contributed by atoms with E-state index >= 15 is 0 Å². The second-order valence-electron chi connectivity index (χ2n) is 6.66. The van der Waals surface area contributed by atoms with Gasteiger partial charge in [0.25, 0.3) is 0 Å². The molecule has 5 heteroatoms. The van der Waals surface area contributed by atoms with Crippen LogP contribution >= 0.6 is 0 Å². The van der Waals surface area contributed by atoms with Crippen LogP contribution < -0.4 is 4.74 Å². The van der Waals surface area contributed by atoms with Crippen molar-refractivity contribution in [3.8, 4) is 5.75 Å². The zero-order chi connectivity index (χ0) is 15.5. The lowest BCUT2D eigenvalue weighted by Crippen LogP contribution is -2.49. The van der Waals surface area contributed by atoms with Gasteiger partial charge in [0.15, 0.2) is 0 Å². The molecular formula is C17H24N2O3. The first-order chi connectivity index (χ1) is 10.6. The molecule has 3 heterocycles. The highest BCUT2D eigenvalue weighted by molar-refractivity contribution is 5.69. The number of aromatic nitrogens is 1. The summed E-state index contributed by atoms with van der Waals surface area (Å²) in [6, 6.07) is 4.31. The normalized spacial score (nSPS) is 27.0. The van der Waals surface area contributed by atoms with Gasteiger partial charge in [0.2, 0.25) is 0 Å². The molecule has 0 N–H and O–H groups in total. The predicted molar refractivity (Wildman–Crippen MR) is 82.7 cm³/mol. The Morgan fingerprint density at radius 2 is 2.09 bits per heavy atom. The second-order valence-corrected chi connectivity index (χ2v) is 6.66. The smallest absolute Gasteiger partial charge is 0.410 e. The number of ether oxygens (including phenoxy) is 2. The Balaban J connectivity index is 1.58. The Kier molecular flexibility index (Phi) is 4.50. The van der Waals surface area contributed by atoms with E-state index in [4.69, 9.17) is 9.47 Å². The Hall–Kier alpha value is -1.78. The Morgan fingerprint density at radius 1 is 1.36 bits per heavy atom. The summed E-state index contributed by atoms with van der Waals surface area (Å²) in [4.78, 5) is 18.3. The highest BCUT2D eigenvalue weighted by atomic mass is 16.6. The minimum absolute atomic E-state index is 0.152. The highest BCUT2D eigenvalue weighted by Crippen LogP contribution is 2.37. The van der Waals surface area contributed by atoms with Gasteiger partial charge in [-0.05, 0) is 30.9 Å². The maximum absolute atomic E-state index is 12.3. The van der Waals surface area contributed by atoms with Gasteiger partial charge in [-0.3, -0.25) is 4.98 Å². The van der Waals surface area contributed by atoms with Gasteiger partial charge in [0.05, 0.1) is 12.8 Å². The molecule has 2 saturated heterocycles. The molecule has 0 spiro atoms. The molecule has 0 radical (unpaired) electrons. The zero-order valence-electron chi connectivity index (χ0n) is 13.3. The van der Waals surface area contributed by atoms with Gasteiger partial charge in [-0.1, -0.05) is 13.8 Å². The first-order valence-corrected chi connectivity index (χ1v) is 8.15. The molecular weight excluding hydrogens is 280 g/mol. The van der Waals surface area contributed by atoms with E-state index in [0.29, 0.717) is 12.5 Å². The predicted octanol–water partition coefficient (Wildman–Crippen LogP) is 3.25. The van der Waals surface area contributed by atoms with E-state index in [0.717, 1.165) is 31.4 Å². The molecule has 2 unspecified atom stereocenters. The fourth-order valence-electron chi connectivity index (χ4n) is 3.44. The van der Waals surface area contributed by atoms with Crippen molar-refractivity contribution in [1.29, 1.82) is 0 Å². The van der Waals surface area contributed by atoms with Crippen molar-refractivity contribution in [3.05, 3.63) is 24.5 Å². The largest absolute Gasteiger partial charge is 0.489 e. The molecule has 2 aliphatic heterocycles. The number of amides is 1. The number of carbonyl (C=O) groups excluding carboxylic acids is 1. The molecule has 2 bridgehead atoms. The molecule has 0 aromatic carbocycles. The van der Waals surface area contributed by atoms with E-state index in [1.54, 1.807) is 12.4 Å². The van der Waals surface area contributed by atoms with Crippen molar-refractivity contribution >= 4 is 6.09 Å². The highest BCUT2D eigenvalue weighted by Gasteiger charge is 2.44. The zero-order valence-corrected chi connectivity index (χ0v) is 13.3. The molecule has 120 valence electrons. The maximum Gasteiger partial charge on any atom is 0.410 e. The quantitative estimate of drug-likeness (QED) is 0.857. The number of fused-ring (bicyclic) bond motifs is 2. The van der Waals surface area contributed by atoms with Gasteiger partial charge in [-0.2, -0.15) is 0 Å². The summed E-state index contributed by atoms with van der Waals surface area (Å²) in [5.41, 5.74) is 0. The second kappa shape index (κ2) is 6.55. The lowest BCUT2D eigenvalue weighted by molar-refractivity contribution is 0.0293. The molecule has 1 aromatic heterocycles. The van der Waals surface area contributed by atoms with Crippen LogP contribution in [0.2, 0.25) is 0 Å². The van der Waals surface area contributed by atoms with Crippen LogP contribution in [0.1, 0.15) is 39.5 Å². The third-order valence-corrected chi connectivity index (χ3v) is 4.38. The first kappa shape index (κ1) is 15.1. The number of piperidine rings is 1. The standard InChI is InChI=1S/C17H24N2O3/c1-12(2)11-21-17(20)19-13-5-6-14(19)9-16(8-13)22-15-4-3-7-18-10-15/h3-4,7,10,12-14,16H,5-6,8-9,11H2,1-2H3. The molecule has 1 amide bonds. The Bertz CT molecular complexity index is 492. The summed E-state index contributed by atoms with van der Waals surface area (Å²) in [6.07, 6.45) is 7.35. The number of hydrogen-bond donors (Lipinski definition) is 0. The van der Waals surface area contributed by atoms with Crippen LogP contribution in [0, 0.1) is 5.92 Å². The third kappa shape index (κ3) is 3.34. The van der Waals surface area contributed by atoms with Gasteiger partial charge in [-0.15, -0.1) is 0 Å². The summed E-state index contributed by atoms with van der Waals surface area (Å²) in [7, 11) is 0. The SMILES string of the molecule is CC(C)COC(=O)N1C2CCC1CC(Oc1cccnc1)C2. The molecule has 1 aromatic rings. The minimum Gasteiger partial charge on any atom is -0.489 e. The van der Waals surface area contributed by atoms with Crippen LogP contribution in [0.5, 0.6) is 5.75 Å². The Labute approximate surface area is 131 Å². The van der Waals surface area contributed by atoms with Gasteiger partial charge < -0.3 is 14.4 Å². The number of carbonyl (C=O) groups is 1. The summed E-state index contributed by atoms with van der Waals surface area (Å²) >= 11 is 0. The van der Waals surface area contributed by atoms with Crippen molar-refractivity contribution in [1.82, 2.24) is 9.88 Å². The van der Waals surface area contributed by atoms with Crippen LogP contribution in [0.25, 0.3) is 0 Å². The average molecular weight is 304 g/mol. The van der Waals surface area contributed by atoms with Crippen LogP contribution in [0.15, 0.2) is 24.5 Å². The lowest BCUT2D eigenvalue weighted by atomic mass is 10.0. The fourth-order valence-corrected chi connectivity index (χ4v) is 3.44. The van der Waals surface area contributed by atoms with Gasteiger partial charge in [0, 0.05) is 31.1 Å². The van der Waals surface area contributed by atoms with Crippen LogP contribution in [-0.4, -0.2) is 40.8 Å². The van der Waals surface area contributed by atoms with Crippen LogP contribution in [-0.2, 0) is 4.74 Å². The van der Waals surface area contributed by atoms with Gasteiger partial charge >= 0.3 is 6.09 Å². The minimum atomic E-state index is -0.152. The topological polar surface area (TPSA) is 51.7 Å². The maximum atomic E-state index is 12.3. The average Bonchev–Trinajstić information content (AvgIpc) is 2.77. The van der Waals surface area contributed by atoms with Gasteiger partial charge in [-0.25, -0.2) is 4.79 Å². The number of nitrogens with zero attached hydrogens (tertiary/aromatic N) is 2. The van der Waals surface area contributed by atoms with E-state index in [-0.39, 0.29) is 24.3 Å². The summed E-state index contributed by atoms with van der Waals surface area (Å²) < 4.78 is 11.4. The van der Waals surface area contributed by atoms with E-state index in [1.807, 2.05) is 17.0 Å². The third-order valence-electron chi connectivity index (χ3n) is 4.38. The van der Waals surface area contributed by atoms with E-state index in [2.05, 4.69) is 18.8 Å². The van der Waals surface area contributed by atoms with Crippen molar-refractivity contribution in [2.24, 2.45) is 5.92 Å². The Morgan fingerprint density at radius 3 is 2.68 bits per heavy atom. The number of rotatable bonds is 4. The molecule has 3 rings (SSSR count). The molecule has 22 heavy (non-hydrogen) atoms.